The molecule has 0 radical (unpaired) electrons. The van der Waals surface area contributed by atoms with Gasteiger partial charge in [0.05, 0.1) is 53.8 Å². The normalized spacial score (nSPS) is 10.7. The molecule has 0 spiro atoms. The molecule has 4 aromatic rings. The van der Waals surface area contributed by atoms with Crippen molar-refractivity contribution in [3.05, 3.63) is 48.2 Å². The van der Waals surface area contributed by atoms with Crippen LogP contribution < -0.4 is 34.3 Å². The highest BCUT2D eigenvalue weighted by atomic mass is 16.5. The van der Waals surface area contributed by atoms with Crippen LogP contribution in [-0.2, 0) is 6.54 Å². The predicted octanol–water partition coefficient (Wildman–Crippen LogP) is 4.31. The van der Waals surface area contributed by atoms with Crippen molar-refractivity contribution < 1.29 is 23.7 Å². The Hall–Kier alpha value is -4.34. The zero-order valence-corrected chi connectivity index (χ0v) is 20.6. The number of aromatic nitrogens is 3. The number of nitrogens with zero attached hydrogens (tertiary/aromatic N) is 3. The Morgan fingerprint density at radius 2 is 1.49 bits per heavy atom. The predicted molar refractivity (Wildman–Crippen MR) is 135 cm³/mol. The minimum Gasteiger partial charge on any atom is -0.493 e. The first-order valence-electron chi connectivity index (χ1n) is 10.9. The van der Waals surface area contributed by atoms with Gasteiger partial charge in [0, 0.05) is 30.9 Å². The Bertz CT molecular complexity index is 1310. The average molecular weight is 480 g/mol. The highest BCUT2D eigenvalue weighted by molar-refractivity contribution is 5.81. The minimum atomic E-state index is 0.524. The molecule has 2 aromatic carbocycles. The summed E-state index contributed by atoms with van der Waals surface area (Å²) in [5, 5.41) is 6.49. The largest absolute Gasteiger partial charge is 0.493 e. The molecule has 10 heteroatoms. The molecule has 4 rings (SSSR count). The van der Waals surface area contributed by atoms with Crippen LogP contribution in [-0.4, -0.2) is 57.1 Å². The van der Waals surface area contributed by atoms with Gasteiger partial charge in [0.25, 0.3) is 0 Å². The van der Waals surface area contributed by atoms with Crippen molar-refractivity contribution in [1.82, 2.24) is 14.5 Å². The van der Waals surface area contributed by atoms with Crippen molar-refractivity contribution in [3.63, 3.8) is 0 Å². The number of methoxy groups -OCH3 is 5. The van der Waals surface area contributed by atoms with Gasteiger partial charge in [-0.15, -0.1) is 0 Å². The summed E-state index contributed by atoms with van der Waals surface area (Å²) in [5.41, 5.74) is 3.46. The van der Waals surface area contributed by atoms with Crippen LogP contribution in [0.25, 0.3) is 11.0 Å². The highest BCUT2D eigenvalue weighted by Crippen LogP contribution is 2.40. The lowest BCUT2D eigenvalue weighted by molar-refractivity contribution is 0.324. The lowest BCUT2D eigenvalue weighted by Gasteiger charge is -2.15. The number of hydrogen-bond acceptors (Lipinski definition) is 9. The third-order valence-corrected chi connectivity index (χ3v) is 5.58. The van der Waals surface area contributed by atoms with E-state index in [2.05, 4.69) is 25.2 Å². The molecular formula is C25H29N5O5. The van der Waals surface area contributed by atoms with Gasteiger partial charge in [0.15, 0.2) is 23.0 Å². The topological polar surface area (TPSA) is 101 Å². The molecule has 0 fully saturated rings. The van der Waals surface area contributed by atoms with Crippen molar-refractivity contribution in [1.29, 1.82) is 0 Å². The number of benzene rings is 2. The molecule has 0 aliphatic rings. The Balaban J connectivity index is 1.71. The van der Waals surface area contributed by atoms with Crippen molar-refractivity contribution in [3.8, 4) is 28.7 Å². The van der Waals surface area contributed by atoms with Crippen molar-refractivity contribution >= 4 is 28.5 Å². The summed E-state index contributed by atoms with van der Waals surface area (Å²) in [6.45, 7) is 0.570. The molecule has 184 valence electrons. The lowest BCUT2D eigenvalue weighted by Crippen LogP contribution is -2.06. The minimum absolute atomic E-state index is 0.524. The fourth-order valence-electron chi connectivity index (χ4n) is 3.91. The van der Waals surface area contributed by atoms with Gasteiger partial charge < -0.3 is 38.9 Å². The maximum absolute atomic E-state index is 5.46. The van der Waals surface area contributed by atoms with E-state index >= 15 is 0 Å². The standard InChI is InChI=1S/C25H29N5O5/c1-26-25-29-17-13-27-23(28-16-10-21(33-4)24(35-6)22(11-16)34-5)12-18(17)30(25)14-15-7-8-19(31-2)20(9-15)32-3/h7-13H,14H2,1-6H3,(H,26,29)(H,27,28). The van der Waals surface area contributed by atoms with Gasteiger partial charge in [-0.2, -0.15) is 0 Å². The second kappa shape index (κ2) is 10.3. The number of imidazole rings is 1. The molecule has 0 atom stereocenters. The van der Waals surface area contributed by atoms with E-state index in [0.717, 1.165) is 28.2 Å². The zero-order chi connectivity index (χ0) is 24.9. The molecule has 10 nitrogen and oxygen atoms in total. The van der Waals surface area contributed by atoms with E-state index in [9.17, 15) is 0 Å². The Labute approximate surface area is 203 Å². The summed E-state index contributed by atoms with van der Waals surface area (Å²) in [4.78, 5) is 9.22. The van der Waals surface area contributed by atoms with E-state index < -0.39 is 0 Å². The number of ether oxygens (including phenoxy) is 5. The summed E-state index contributed by atoms with van der Waals surface area (Å²) in [7, 11) is 9.82. The second-order valence-electron chi connectivity index (χ2n) is 7.56. The van der Waals surface area contributed by atoms with Gasteiger partial charge in [-0.3, -0.25) is 0 Å². The summed E-state index contributed by atoms with van der Waals surface area (Å²) in [6, 6.07) is 11.5. The molecule has 2 aromatic heterocycles. The van der Waals surface area contributed by atoms with E-state index in [1.165, 1.54) is 0 Å². The fraction of sp³-hybridized carbons (Fsp3) is 0.280. The molecule has 0 bridgehead atoms. The Kier molecular flexibility index (Phi) is 7.00. The number of hydrogen-bond donors (Lipinski definition) is 2. The van der Waals surface area contributed by atoms with Crippen LogP contribution >= 0.6 is 0 Å². The van der Waals surface area contributed by atoms with E-state index in [4.69, 9.17) is 23.7 Å². The summed E-state index contributed by atoms with van der Waals surface area (Å²) < 4.78 is 29.2. The van der Waals surface area contributed by atoms with Crippen molar-refractivity contribution in [2.24, 2.45) is 0 Å². The first-order chi connectivity index (χ1) is 17.0. The molecule has 2 N–H and O–H groups in total. The number of rotatable bonds is 10. The quantitative estimate of drug-likeness (QED) is 0.345. The number of nitrogens with one attached hydrogen (secondary N) is 2. The fourth-order valence-corrected chi connectivity index (χ4v) is 3.91. The third-order valence-electron chi connectivity index (χ3n) is 5.58. The van der Waals surface area contributed by atoms with Crippen LogP contribution in [0.15, 0.2) is 42.6 Å². The number of pyridine rings is 1. The van der Waals surface area contributed by atoms with Gasteiger partial charge in [-0.05, 0) is 17.7 Å². The monoisotopic (exact) mass is 479 g/mol. The van der Waals surface area contributed by atoms with Gasteiger partial charge in [0.2, 0.25) is 11.7 Å². The first-order valence-corrected chi connectivity index (χ1v) is 10.9. The van der Waals surface area contributed by atoms with Crippen LogP contribution in [0.4, 0.5) is 17.5 Å². The van der Waals surface area contributed by atoms with Crippen molar-refractivity contribution in [2.75, 3.05) is 53.2 Å². The van der Waals surface area contributed by atoms with E-state index in [1.54, 1.807) is 41.7 Å². The van der Waals surface area contributed by atoms with Gasteiger partial charge >= 0.3 is 0 Å². The molecule has 0 aliphatic heterocycles. The van der Waals surface area contributed by atoms with Crippen LogP contribution in [0.2, 0.25) is 0 Å². The van der Waals surface area contributed by atoms with E-state index in [-0.39, 0.29) is 0 Å². The number of fused-ring (bicyclic) bond motifs is 1. The van der Waals surface area contributed by atoms with Crippen LogP contribution in [0.5, 0.6) is 28.7 Å². The van der Waals surface area contributed by atoms with Gasteiger partial charge in [0.1, 0.15) is 11.3 Å². The maximum atomic E-state index is 5.46. The maximum Gasteiger partial charge on any atom is 0.203 e. The molecule has 0 unspecified atom stereocenters. The molecule has 2 heterocycles. The van der Waals surface area contributed by atoms with Crippen LogP contribution in [0, 0.1) is 0 Å². The average Bonchev–Trinajstić information content (AvgIpc) is 3.24. The van der Waals surface area contributed by atoms with Gasteiger partial charge in [-0.25, -0.2) is 9.97 Å². The summed E-state index contributed by atoms with van der Waals surface area (Å²) >= 11 is 0. The Morgan fingerprint density at radius 3 is 2.09 bits per heavy atom. The molecule has 35 heavy (non-hydrogen) atoms. The smallest absolute Gasteiger partial charge is 0.203 e. The first kappa shape index (κ1) is 23.8. The van der Waals surface area contributed by atoms with Crippen LogP contribution in [0.1, 0.15) is 5.56 Å². The zero-order valence-electron chi connectivity index (χ0n) is 20.6. The molecule has 0 amide bonds. The highest BCUT2D eigenvalue weighted by Gasteiger charge is 2.16. The van der Waals surface area contributed by atoms with Crippen molar-refractivity contribution in [2.45, 2.75) is 6.54 Å². The van der Waals surface area contributed by atoms with E-state index in [1.807, 2.05) is 43.4 Å². The number of anilines is 3. The van der Waals surface area contributed by atoms with E-state index in [0.29, 0.717) is 41.1 Å². The molecule has 0 aliphatic carbocycles. The summed E-state index contributed by atoms with van der Waals surface area (Å²) in [6.07, 6.45) is 1.74. The molecular weight excluding hydrogens is 450 g/mol. The third kappa shape index (κ3) is 4.68. The molecule has 0 saturated heterocycles. The lowest BCUT2D eigenvalue weighted by atomic mass is 10.2. The molecule has 0 saturated carbocycles. The van der Waals surface area contributed by atoms with Gasteiger partial charge in [-0.1, -0.05) is 6.07 Å². The SMILES string of the molecule is CNc1nc2cnc(Nc3cc(OC)c(OC)c(OC)c3)cc2n1Cc1ccc(OC)c(OC)c1. The Morgan fingerprint density at radius 1 is 0.800 bits per heavy atom. The summed E-state index contributed by atoms with van der Waals surface area (Å²) in [5.74, 6) is 4.34. The van der Waals surface area contributed by atoms with Crippen LogP contribution in [0.3, 0.4) is 0 Å². The second-order valence-corrected chi connectivity index (χ2v) is 7.56.